The highest BCUT2D eigenvalue weighted by atomic mass is 19.3. The van der Waals surface area contributed by atoms with Gasteiger partial charge in [0.25, 0.3) is 0 Å². The zero-order chi connectivity index (χ0) is 16.0. The lowest BCUT2D eigenvalue weighted by Crippen LogP contribution is -2.54. The first-order valence-electron chi connectivity index (χ1n) is 5.94. The van der Waals surface area contributed by atoms with Crippen LogP contribution in [-0.4, -0.2) is 30.3 Å². The lowest BCUT2D eigenvalue weighted by atomic mass is 9.97. The number of hydrogen-bond acceptors (Lipinski definition) is 2. The van der Waals surface area contributed by atoms with Crippen LogP contribution in [0.5, 0.6) is 0 Å². The lowest BCUT2D eigenvalue weighted by molar-refractivity contribution is -0.312. The summed E-state index contributed by atoms with van der Waals surface area (Å²) in [5.74, 6) is -16.0. The van der Waals surface area contributed by atoms with Crippen LogP contribution in [0.3, 0.4) is 0 Å². The fourth-order valence-electron chi connectivity index (χ4n) is 1.42. The summed E-state index contributed by atoms with van der Waals surface area (Å²) in [5, 5.41) is 0. The third kappa shape index (κ3) is 4.42. The van der Waals surface area contributed by atoms with E-state index in [1.165, 1.54) is 6.92 Å². The minimum atomic E-state index is -5.45. The molecule has 0 N–H and O–H groups in total. The van der Waals surface area contributed by atoms with Gasteiger partial charge in [-0.2, -0.15) is 26.3 Å². The summed E-state index contributed by atoms with van der Waals surface area (Å²) >= 11 is 0. The Morgan fingerprint density at radius 2 is 1.60 bits per heavy atom. The first kappa shape index (κ1) is 18.8. The van der Waals surface area contributed by atoms with Crippen molar-refractivity contribution in [2.45, 2.75) is 50.4 Å². The van der Waals surface area contributed by atoms with E-state index in [0.29, 0.717) is 0 Å². The molecule has 0 aliphatic carbocycles. The Balaban J connectivity index is 4.60. The zero-order valence-corrected chi connectivity index (χ0v) is 10.9. The van der Waals surface area contributed by atoms with Gasteiger partial charge in [-0.05, 0) is 6.42 Å². The van der Waals surface area contributed by atoms with Gasteiger partial charge in [0.2, 0.25) is 0 Å². The number of ether oxygens (including phenoxy) is 1. The van der Waals surface area contributed by atoms with E-state index < -0.39 is 49.6 Å². The van der Waals surface area contributed by atoms with E-state index >= 15 is 0 Å². The summed E-state index contributed by atoms with van der Waals surface area (Å²) in [6, 6.07) is 0. The van der Waals surface area contributed by atoms with Gasteiger partial charge in [-0.3, -0.25) is 0 Å². The van der Waals surface area contributed by atoms with Crippen molar-refractivity contribution in [3.63, 3.8) is 0 Å². The normalized spacial score (nSPS) is 13.2. The molecule has 0 aromatic heterocycles. The van der Waals surface area contributed by atoms with E-state index in [4.69, 9.17) is 0 Å². The van der Waals surface area contributed by atoms with Gasteiger partial charge in [-0.15, -0.1) is 0 Å². The average molecular weight is 306 g/mol. The first-order chi connectivity index (χ1) is 9.02. The fraction of sp³-hybridized carbons (Fsp3) is 0.750. The Morgan fingerprint density at radius 3 is 2.05 bits per heavy atom. The molecule has 0 radical (unpaired) electrons. The minimum absolute atomic E-state index is 0.352. The number of esters is 1. The number of rotatable bonds is 9. The van der Waals surface area contributed by atoms with Crippen molar-refractivity contribution in [1.82, 2.24) is 0 Å². The molecule has 0 aromatic rings. The molecular formula is C12H16F6O2. The topological polar surface area (TPSA) is 26.3 Å². The Kier molecular flexibility index (Phi) is 6.56. The molecule has 0 aliphatic rings. The lowest BCUT2D eigenvalue weighted by Gasteiger charge is -2.32. The van der Waals surface area contributed by atoms with E-state index in [-0.39, 0.29) is 6.42 Å². The Morgan fingerprint density at radius 1 is 1.10 bits per heavy atom. The molecule has 0 rings (SSSR count). The summed E-state index contributed by atoms with van der Waals surface area (Å²) in [6.07, 6.45) is -3.09. The predicted octanol–water partition coefficient (Wildman–Crippen LogP) is 4.20. The van der Waals surface area contributed by atoms with Crippen LogP contribution < -0.4 is 0 Å². The van der Waals surface area contributed by atoms with Crippen molar-refractivity contribution >= 4 is 5.97 Å². The molecule has 0 saturated carbocycles. The molecule has 0 saturated heterocycles. The van der Waals surface area contributed by atoms with Gasteiger partial charge in [0, 0.05) is 18.9 Å². The smallest absolute Gasteiger partial charge is 0.371 e. The Labute approximate surface area is 112 Å². The monoisotopic (exact) mass is 306 g/mol. The van der Waals surface area contributed by atoms with Crippen LogP contribution >= 0.6 is 0 Å². The number of alkyl halides is 6. The van der Waals surface area contributed by atoms with Crippen LogP contribution in [0.2, 0.25) is 0 Å². The highest BCUT2D eigenvalue weighted by Gasteiger charge is 2.69. The maximum atomic E-state index is 13.2. The molecule has 0 amide bonds. The van der Waals surface area contributed by atoms with Crippen molar-refractivity contribution in [1.29, 1.82) is 0 Å². The SMILES string of the molecule is C=CC(=O)OCCCC(F)(F)C(F)(F)C(F)(F)CCC. The van der Waals surface area contributed by atoms with Crippen molar-refractivity contribution in [2.24, 2.45) is 0 Å². The Hall–Kier alpha value is -1.21. The average Bonchev–Trinajstić information content (AvgIpc) is 2.33. The third-order valence-corrected chi connectivity index (χ3v) is 2.53. The summed E-state index contributed by atoms with van der Waals surface area (Å²) in [5.41, 5.74) is 0. The van der Waals surface area contributed by atoms with Gasteiger partial charge >= 0.3 is 23.7 Å². The van der Waals surface area contributed by atoms with Crippen LogP contribution in [0, 0.1) is 0 Å². The molecule has 0 atom stereocenters. The van der Waals surface area contributed by atoms with Crippen molar-refractivity contribution in [2.75, 3.05) is 6.61 Å². The first-order valence-corrected chi connectivity index (χ1v) is 5.94. The zero-order valence-electron chi connectivity index (χ0n) is 10.9. The molecular weight excluding hydrogens is 290 g/mol. The van der Waals surface area contributed by atoms with Gasteiger partial charge < -0.3 is 4.74 Å². The van der Waals surface area contributed by atoms with Crippen molar-refractivity contribution < 1.29 is 35.9 Å². The highest BCUT2D eigenvalue weighted by molar-refractivity contribution is 5.81. The number of carbonyl (C=O) groups is 1. The van der Waals surface area contributed by atoms with Gasteiger partial charge in [0.05, 0.1) is 6.61 Å². The molecule has 0 bridgehead atoms. The molecule has 0 aliphatic heterocycles. The molecule has 0 unspecified atom stereocenters. The predicted molar refractivity (Wildman–Crippen MR) is 60.1 cm³/mol. The number of carbonyl (C=O) groups excluding carboxylic acids is 1. The molecule has 0 fully saturated rings. The van der Waals surface area contributed by atoms with Crippen LogP contribution in [0.1, 0.15) is 32.6 Å². The summed E-state index contributed by atoms with van der Waals surface area (Å²) in [6.45, 7) is 3.66. The Bertz CT molecular complexity index is 341. The second kappa shape index (κ2) is 6.99. The largest absolute Gasteiger partial charge is 0.463 e. The van der Waals surface area contributed by atoms with Crippen LogP contribution in [0.25, 0.3) is 0 Å². The summed E-state index contributed by atoms with van der Waals surface area (Å²) in [4.78, 5) is 10.6. The van der Waals surface area contributed by atoms with Gasteiger partial charge in [-0.1, -0.05) is 19.9 Å². The second-order valence-corrected chi connectivity index (χ2v) is 4.21. The molecule has 2 nitrogen and oxygen atoms in total. The van der Waals surface area contributed by atoms with E-state index in [2.05, 4.69) is 11.3 Å². The van der Waals surface area contributed by atoms with Gasteiger partial charge in [-0.25, -0.2) is 4.79 Å². The number of hydrogen-bond donors (Lipinski definition) is 0. The van der Waals surface area contributed by atoms with Crippen LogP contribution in [0.15, 0.2) is 12.7 Å². The standard InChI is InChI=1S/C12H16F6O2/c1-3-6-10(13,14)12(17,18)11(15,16)7-5-8-20-9(19)4-2/h4H,2-3,5-8H2,1H3. The van der Waals surface area contributed by atoms with Crippen molar-refractivity contribution in [3.8, 4) is 0 Å². The highest BCUT2D eigenvalue weighted by Crippen LogP contribution is 2.49. The quantitative estimate of drug-likeness (QED) is 0.276. The van der Waals surface area contributed by atoms with Crippen LogP contribution in [0.4, 0.5) is 26.3 Å². The maximum absolute atomic E-state index is 13.2. The van der Waals surface area contributed by atoms with Crippen molar-refractivity contribution in [3.05, 3.63) is 12.7 Å². The number of halogens is 6. The molecule has 20 heavy (non-hydrogen) atoms. The van der Waals surface area contributed by atoms with E-state index in [1.807, 2.05) is 0 Å². The summed E-state index contributed by atoms with van der Waals surface area (Å²) in [7, 11) is 0. The summed E-state index contributed by atoms with van der Waals surface area (Å²) < 4.78 is 83.3. The van der Waals surface area contributed by atoms with Gasteiger partial charge in [0.1, 0.15) is 0 Å². The molecule has 118 valence electrons. The third-order valence-electron chi connectivity index (χ3n) is 2.53. The van der Waals surface area contributed by atoms with E-state index in [9.17, 15) is 31.1 Å². The second-order valence-electron chi connectivity index (χ2n) is 4.21. The molecule has 0 spiro atoms. The van der Waals surface area contributed by atoms with Gasteiger partial charge in [0.15, 0.2) is 0 Å². The molecule has 0 heterocycles. The van der Waals surface area contributed by atoms with Crippen LogP contribution in [-0.2, 0) is 9.53 Å². The fourth-order valence-corrected chi connectivity index (χ4v) is 1.42. The van der Waals surface area contributed by atoms with E-state index in [0.717, 1.165) is 6.08 Å². The minimum Gasteiger partial charge on any atom is -0.463 e. The molecule has 8 heteroatoms. The maximum Gasteiger partial charge on any atom is 0.371 e. The molecule has 0 aromatic carbocycles. The van der Waals surface area contributed by atoms with E-state index in [1.54, 1.807) is 0 Å².